The minimum Gasteiger partial charge on any atom is -0.478 e. The van der Waals surface area contributed by atoms with Crippen molar-refractivity contribution in [3.63, 3.8) is 0 Å². The summed E-state index contributed by atoms with van der Waals surface area (Å²) in [6, 6.07) is 2.60. The highest BCUT2D eigenvalue weighted by atomic mass is 19.1. The summed E-state index contributed by atoms with van der Waals surface area (Å²) in [5.41, 5.74) is 6.61. The first-order valence-corrected chi connectivity index (χ1v) is 5.02. The highest BCUT2D eigenvalue weighted by Gasteiger charge is 2.17. The zero-order valence-electron chi connectivity index (χ0n) is 9.67. The molecule has 4 heteroatoms. The van der Waals surface area contributed by atoms with Gasteiger partial charge in [-0.05, 0) is 50.5 Å². The standard InChI is InChI=1S/C12H16FNO2/c1-7-4-10(13)9(11(15)16)5-8(7)6-12(2,3)14/h4-5H,6,14H2,1-3H3,(H,15,16). The zero-order chi connectivity index (χ0) is 12.5. The summed E-state index contributed by atoms with van der Waals surface area (Å²) in [6.07, 6.45) is 0.513. The molecule has 0 bridgehead atoms. The van der Waals surface area contributed by atoms with E-state index >= 15 is 0 Å². The van der Waals surface area contributed by atoms with Gasteiger partial charge in [0.1, 0.15) is 5.82 Å². The Morgan fingerprint density at radius 2 is 2.06 bits per heavy atom. The average Bonchev–Trinajstić information content (AvgIpc) is 2.07. The molecule has 0 atom stereocenters. The van der Waals surface area contributed by atoms with Crippen molar-refractivity contribution in [2.24, 2.45) is 5.73 Å². The molecular formula is C12H16FNO2. The van der Waals surface area contributed by atoms with Crippen LogP contribution in [0.4, 0.5) is 4.39 Å². The third kappa shape index (κ3) is 3.03. The van der Waals surface area contributed by atoms with Crippen molar-refractivity contribution in [3.8, 4) is 0 Å². The molecule has 1 aromatic carbocycles. The molecule has 0 unspecified atom stereocenters. The lowest BCUT2D eigenvalue weighted by molar-refractivity contribution is 0.0691. The molecule has 0 fully saturated rings. The molecular weight excluding hydrogens is 209 g/mol. The van der Waals surface area contributed by atoms with Crippen molar-refractivity contribution >= 4 is 5.97 Å². The first-order chi connectivity index (χ1) is 7.20. The predicted molar refractivity (Wildman–Crippen MR) is 60.1 cm³/mol. The SMILES string of the molecule is Cc1cc(F)c(C(=O)O)cc1CC(C)(C)N. The lowest BCUT2D eigenvalue weighted by Gasteiger charge is -2.20. The Labute approximate surface area is 94.1 Å². The maximum Gasteiger partial charge on any atom is 0.338 e. The average molecular weight is 225 g/mol. The molecule has 1 rings (SSSR count). The molecule has 0 aliphatic rings. The second kappa shape index (κ2) is 4.22. The summed E-state index contributed by atoms with van der Waals surface area (Å²) in [7, 11) is 0. The van der Waals surface area contributed by atoms with Crippen LogP contribution in [0, 0.1) is 12.7 Å². The third-order valence-electron chi connectivity index (χ3n) is 2.30. The number of halogens is 1. The van der Waals surface area contributed by atoms with Crippen LogP contribution in [-0.4, -0.2) is 16.6 Å². The van der Waals surface area contributed by atoms with Crippen LogP contribution in [-0.2, 0) is 6.42 Å². The normalized spacial score (nSPS) is 11.6. The van der Waals surface area contributed by atoms with Gasteiger partial charge < -0.3 is 10.8 Å². The molecule has 16 heavy (non-hydrogen) atoms. The second-order valence-corrected chi connectivity index (χ2v) is 4.73. The van der Waals surface area contributed by atoms with Crippen molar-refractivity contribution in [2.75, 3.05) is 0 Å². The Hall–Kier alpha value is -1.42. The van der Waals surface area contributed by atoms with Gasteiger partial charge in [-0.25, -0.2) is 9.18 Å². The van der Waals surface area contributed by atoms with E-state index in [0.717, 1.165) is 11.1 Å². The zero-order valence-corrected chi connectivity index (χ0v) is 9.67. The van der Waals surface area contributed by atoms with Crippen molar-refractivity contribution in [2.45, 2.75) is 32.7 Å². The molecule has 3 N–H and O–H groups in total. The highest BCUT2D eigenvalue weighted by Crippen LogP contribution is 2.19. The summed E-state index contributed by atoms with van der Waals surface area (Å²) < 4.78 is 13.3. The van der Waals surface area contributed by atoms with Crippen molar-refractivity contribution < 1.29 is 14.3 Å². The monoisotopic (exact) mass is 225 g/mol. The molecule has 3 nitrogen and oxygen atoms in total. The fourth-order valence-electron chi connectivity index (χ4n) is 1.56. The van der Waals surface area contributed by atoms with Gasteiger partial charge in [-0.1, -0.05) is 0 Å². The van der Waals surface area contributed by atoms with Crippen LogP contribution < -0.4 is 5.73 Å². The van der Waals surface area contributed by atoms with Gasteiger partial charge in [-0.3, -0.25) is 0 Å². The Kier molecular flexibility index (Phi) is 3.33. The van der Waals surface area contributed by atoms with Crippen molar-refractivity contribution in [1.82, 2.24) is 0 Å². The van der Waals surface area contributed by atoms with Gasteiger partial charge in [-0.2, -0.15) is 0 Å². The van der Waals surface area contributed by atoms with E-state index in [1.807, 2.05) is 13.8 Å². The maximum atomic E-state index is 13.3. The van der Waals surface area contributed by atoms with Crippen LogP contribution >= 0.6 is 0 Å². The molecule has 0 radical (unpaired) electrons. The molecule has 88 valence electrons. The van der Waals surface area contributed by atoms with Gasteiger partial charge in [0.15, 0.2) is 0 Å². The van der Waals surface area contributed by atoms with Crippen LogP contribution in [0.3, 0.4) is 0 Å². The van der Waals surface area contributed by atoms with E-state index in [-0.39, 0.29) is 5.56 Å². The molecule has 0 spiro atoms. The molecule has 0 saturated carbocycles. The number of hydrogen-bond acceptors (Lipinski definition) is 2. The number of carboxylic acid groups (broad SMARTS) is 1. The Balaban J connectivity index is 3.20. The second-order valence-electron chi connectivity index (χ2n) is 4.73. The maximum absolute atomic E-state index is 13.3. The van der Waals surface area contributed by atoms with Gasteiger partial charge >= 0.3 is 5.97 Å². The minimum atomic E-state index is -1.26. The van der Waals surface area contributed by atoms with E-state index in [2.05, 4.69) is 0 Å². The molecule has 1 aromatic rings. The fourth-order valence-corrected chi connectivity index (χ4v) is 1.56. The van der Waals surface area contributed by atoms with Crippen molar-refractivity contribution in [3.05, 3.63) is 34.6 Å². The van der Waals surface area contributed by atoms with Crippen LogP contribution in [0.25, 0.3) is 0 Å². The van der Waals surface area contributed by atoms with Crippen LogP contribution in [0.1, 0.15) is 35.3 Å². The summed E-state index contributed by atoms with van der Waals surface area (Å²) in [4.78, 5) is 10.8. The molecule has 0 aromatic heterocycles. The van der Waals surface area contributed by atoms with E-state index in [1.54, 1.807) is 6.92 Å². The summed E-state index contributed by atoms with van der Waals surface area (Å²) >= 11 is 0. The topological polar surface area (TPSA) is 63.3 Å². The number of rotatable bonds is 3. The summed E-state index contributed by atoms with van der Waals surface area (Å²) in [5, 5.41) is 8.81. The number of nitrogens with two attached hydrogens (primary N) is 1. The van der Waals surface area contributed by atoms with Crippen LogP contribution in [0.2, 0.25) is 0 Å². The van der Waals surface area contributed by atoms with Gasteiger partial charge in [-0.15, -0.1) is 0 Å². The predicted octanol–water partition coefficient (Wildman–Crippen LogP) is 2.11. The van der Waals surface area contributed by atoms with E-state index < -0.39 is 17.3 Å². The molecule has 0 aliphatic carbocycles. The van der Waals surface area contributed by atoms with Gasteiger partial charge in [0.2, 0.25) is 0 Å². The highest BCUT2D eigenvalue weighted by molar-refractivity contribution is 5.88. The lowest BCUT2D eigenvalue weighted by Crippen LogP contribution is -2.34. The van der Waals surface area contributed by atoms with Gasteiger partial charge in [0.05, 0.1) is 5.56 Å². The number of aromatic carboxylic acids is 1. The van der Waals surface area contributed by atoms with E-state index in [4.69, 9.17) is 10.8 Å². The first-order valence-electron chi connectivity index (χ1n) is 5.02. The summed E-state index contributed by atoms with van der Waals surface area (Å²) in [6.45, 7) is 5.43. The number of aryl methyl sites for hydroxylation is 1. The Bertz CT molecular complexity index is 422. The smallest absolute Gasteiger partial charge is 0.338 e. The first kappa shape index (κ1) is 12.6. The fraction of sp³-hybridized carbons (Fsp3) is 0.417. The largest absolute Gasteiger partial charge is 0.478 e. The molecule has 0 amide bonds. The quantitative estimate of drug-likeness (QED) is 0.828. The Morgan fingerprint density at radius 1 is 1.50 bits per heavy atom. The van der Waals surface area contributed by atoms with Crippen LogP contribution in [0.5, 0.6) is 0 Å². The van der Waals surface area contributed by atoms with Crippen LogP contribution in [0.15, 0.2) is 12.1 Å². The van der Waals surface area contributed by atoms with E-state index in [0.29, 0.717) is 6.42 Å². The number of carboxylic acids is 1. The Morgan fingerprint density at radius 3 is 2.50 bits per heavy atom. The number of benzene rings is 1. The van der Waals surface area contributed by atoms with E-state index in [1.165, 1.54) is 12.1 Å². The molecule has 0 aliphatic heterocycles. The third-order valence-corrected chi connectivity index (χ3v) is 2.30. The lowest BCUT2D eigenvalue weighted by atomic mass is 9.92. The number of carbonyl (C=O) groups is 1. The molecule has 0 saturated heterocycles. The van der Waals surface area contributed by atoms with Gasteiger partial charge in [0.25, 0.3) is 0 Å². The minimum absolute atomic E-state index is 0.301. The van der Waals surface area contributed by atoms with Crippen molar-refractivity contribution in [1.29, 1.82) is 0 Å². The molecule has 0 heterocycles. The van der Waals surface area contributed by atoms with Gasteiger partial charge in [0, 0.05) is 5.54 Å². The summed E-state index contributed by atoms with van der Waals surface area (Å²) in [5.74, 6) is -1.96. The number of hydrogen-bond donors (Lipinski definition) is 2. The van der Waals surface area contributed by atoms with E-state index in [9.17, 15) is 9.18 Å².